The molecule has 0 heterocycles. The monoisotopic (exact) mass is 496 g/mol. The fourth-order valence-corrected chi connectivity index (χ4v) is 6.34. The van der Waals surface area contributed by atoms with Gasteiger partial charge < -0.3 is 5.32 Å². The van der Waals surface area contributed by atoms with Gasteiger partial charge in [-0.3, -0.25) is 4.79 Å². The summed E-state index contributed by atoms with van der Waals surface area (Å²) in [5.41, 5.74) is 4.15. The highest BCUT2D eigenvalue weighted by atomic mass is 32.2. The molecule has 1 amide bonds. The SMILES string of the molecule is CSc1ccc(C(C)NC(=O)CN(Cc2ccccc2)S(=O)(=O)c2c(C)cc(C)cc2C)cc1. The number of sulfonamides is 1. The Morgan fingerprint density at radius 2 is 1.56 bits per heavy atom. The molecule has 3 rings (SSSR count). The van der Waals surface area contributed by atoms with E-state index in [9.17, 15) is 13.2 Å². The summed E-state index contributed by atoms with van der Waals surface area (Å²) >= 11 is 1.66. The zero-order chi connectivity index (χ0) is 24.9. The number of carbonyl (C=O) groups excluding carboxylic acids is 1. The summed E-state index contributed by atoms with van der Waals surface area (Å²) in [4.78, 5) is 14.4. The van der Waals surface area contributed by atoms with E-state index in [1.165, 1.54) is 4.31 Å². The smallest absolute Gasteiger partial charge is 0.244 e. The van der Waals surface area contributed by atoms with Crippen molar-refractivity contribution in [2.45, 2.75) is 50.1 Å². The molecule has 0 saturated carbocycles. The van der Waals surface area contributed by atoms with Crippen molar-refractivity contribution in [3.8, 4) is 0 Å². The number of hydrogen-bond donors (Lipinski definition) is 1. The van der Waals surface area contributed by atoms with Crippen molar-refractivity contribution in [1.29, 1.82) is 0 Å². The number of hydrogen-bond acceptors (Lipinski definition) is 4. The van der Waals surface area contributed by atoms with Crippen LogP contribution in [0, 0.1) is 20.8 Å². The lowest BCUT2D eigenvalue weighted by atomic mass is 10.1. The molecule has 0 radical (unpaired) electrons. The predicted octanol–water partition coefficient (Wildman–Crippen LogP) is 5.40. The van der Waals surface area contributed by atoms with Crippen LogP contribution in [-0.2, 0) is 21.4 Å². The molecule has 1 unspecified atom stereocenters. The summed E-state index contributed by atoms with van der Waals surface area (Å²) in [6.45, 7) is 7.29. The third kappa shape index (κ3) is 6.29. The van der Waals surface area contributed by atoms with Gasteiger partial charge in [-0.25, -0.2) is 8.42 Å². The van der Waals surface area contributed by atoms with Crippen molar-refractivity contribution >= 4 is 27.7 Å². The number of carbonyl (C=O) groups is 1. The first kappa shape index (κ1) is 26.0. The number of amides is 1. The third-order valence-corrected chi connectivity index (χ3v) is 8.56. The predicted molar refractivity (Wildman–Crippen MR) is 139 cm³/mol. The Bertz CT molecular complexity index is 1220. The molecule has 3 aromatic rings. The second kappa shape index (κ2) is 11.2. The van der Waals surface area contributed by atoms with Crippen LogP contribution in [0.25, 0.3) is 0 Å². The highest BCUT2D eigenvalue weighted by Crippen LogP contribution is 2.27. The van der Waals surface area contributed by atoms with Crippen molar-refractivity contribution in [2.75, 3.05) is 12.8 Å². The minimum absolute atomic E-state index is 0.111. The fraction of sp³-hybridized carbons (Fsp3) is 0.296. The van der Waals surface area contributed by atoms with E-state index >= 15 is 0 Å². The summed E-state index contributed by atoms with van der Waals surface area (Å²) in [7, 11) is -3.91. The molecule has 0 aliphatic carbocycles. The minimum atomic E-state index is -3.91. The zero-order valence-electron chi connectivity index (χ0n) is 20.3. The Balaban J connectivity index is 1.88. The van der Waals surface area contributed by atoms with Crippen LogP contribution in [0.2, 0.25) is 0 Å². The van der Waals surface area contributed by atoms with E-state index in [4.69, 9.17) is 0 Å². The van der Waals surface area contributed by atoms with Crippen LogP contribution in [0.3, 0.4) is 0 Å². The molecular formula is C27H32N2O3S2. The molecule has 0 aliphatic rings. The van der Waals surface area contributed by atoms with Crippen LogP contribution in [0.4, 0.5) is 0 Å². The maximum absolute atomic E-state index is 13.8. The standard InChI is InChI=1S/C27H32N2O3S2/c1-19-15-20(2)27(21(3)16-19)34(31,32)29(17-23-9-7-6-8-10-23)18-26(30)28-22(4)24-11-13-25(33-5)14-12-24/h6-16,22H,17-18H2,1-5H3,(H,28,30). The van der Waals surface area contributed by atoms with E-state index < -0.39 is 10.0 Å². The van der Waals surface area contributed by atoms with E-state index in [1.54, 1.807) is 25.6 Å². The fourth-order valence-electron chi connectivity index (χ4n) is 4.14. The van der Waals surface area contributed by atoms with Crippen LogP contribution < -0.4 is 5.32 Å². The second-order valence-electron chi connectivity index (χ2n) is 8.55. The molecule has 34 heavy (non-hydrogen) atoms. The molecule has 0 aromatic heterocycles. The summed E-state index contributed by atoms with van der Waals surface area (Å²) in [5, 5.41) is 2.96. The normalized spacial score (nSPS) is 12.5. The molecule has 1 N–H and O–H groups in total. The van der Waals surface area contributed by atoms with Gasteiger partial charge in [0.25, 0.3) is 0 Å². The molecule has 5 nitrogen and oxygen atoms in total. The van der Waals surface area contributed by atoms with Crippen LogP contribution in [0.1, 0.15) is 40.8 Å². The maximum atomic E-state index is 13.8. The van der Waals surface area contributed by atoms with Crippen LogP contribution >= 0.6 is 11.8 Å². The van der Waals surface area contributed by atoms with Gasteiger partial charge in [-0.05, 0) is 68.3 Å². The molecule has 0 aliphatic heterocycles. The number of nitrogens with one attached hydrogen (secondary N) is 1. The number of rotatable bonds is 9. The van der Waals surface area contributed by atoms with Gasteiger partial charge in [0.05, 0.1) is 17.5 Å². The topological polar surface area (TPSA) is 66.5 Å². The first-order valence-electron chi connectivity index (χ1n) is 11.2. The van der Waals surface area contributed by atoms with Crippen LogP contribution in [0.15, 0.2) is 76.5 Å². The third-order valence-electron chi connectivity index (χ3n) is 5.72. The summed E-state index contributed by atoms with van der Waals surface area (Å²) in [6, 6.07) is 20.8. The molecular weight excluding hydrogens is 464 g/mol. The maximum Gasteiger partial charge on any atom is 0.244 e. The van der Waals surface area contributed by atoms with Gasteiger partial charge in [-0.1, -0.05) is 60.2 Å². The Hall–Kier alpha value is -2.61. The lowest BCUT2D eigenvalue weighted by Crippen LogP contribution is -2.41. The van der Waals surface area contributed by atoms with Crippen molar-refractivity contribution in [3.05, 3.63) is 94.5 Å². The summed E-state index contributed by atoms with van der Waals surface area (Å²) in [5.74, 6) is -0.344. The Kier molecular flexibility index (Phi) is 8.57. The number of benzene rings is 3. The van der Waals surface area contributed by atoms with Gasteiger partial charge in [-0.15, -0.1) is 11.8 Å². The van der Waals surface area contributed by atoms with Crippen molar-refractivity contribution < 1.29 is 13.2 Å². The van der Waals surface area contributed by atoms with E-state index in [0.29, 0.717) is 11.1 Å². The summed E-state index contributed by atoms with van der Waals surface area (Å²) < 4.78 is 28.9. The van der Waals surface area contributed by atoms with Crippen LogP contribution in [-0.4, -0.2) is 31.4 Å². The first-order chi connectivity index (χ1) is 16.1. The van der Waals surface area contributed by atoms with Gasteiger partial charge in [0.15, 0.2) is 0 Å². The van der Waals surface area contributed by atoms with E-state index in [2.05, 4.69) is 5.32 Å². The Morgan fingerprint density at radius 1 is 0.971 bits per heavy atom. The number of nitrogens with zero attached hydrogens (tertiary/aromatic N) is 1. The quantitative estimate of drug-likeness (QED) is 0.403. The van der Waals surface area contributed by atoms with Gasteiger partial charge in [0, 0.05) is 11.4 Å². The van der Waals surface area contributed by atoms with Gasteiger partial charge >= 0.3 is 0 Å². The van der Waals surface area contributed by atoms with Gasteiger partial charge in [0.2, 0.25) is 15.9 Å². The van der Waals surface area contributed by atoms with Crippen molar-refractivity contribution in [3.63, 3.8) is 0 Å². The number of thioether (sulfide) groups is 1. The first-order valence-corrected chi connectivity index (χ1v) is 13.8. The second-order valence-corrected chi connectivity index (χ2v) is 11.3. The molecule has 0 spiro atoms. The molecule has 1 atom stereocenters. The van der Waals surface area contributed by atoms with E-state index in [-0.39, 0.29) is 29.9 Å². The highest BCUT2D eigenvalue weighted by Gasteiger charge is 2.30. The Labute approximate surface area is 207 Å². The summed E-state index contributed by atoms with van der Waals surface area (Å²) in [6.07, 6.45) is 2.01. The number of aryl methyl sites for hydroxylation is 3. The van der Waals surface area contributed by atoms with Crippen molar-refractivity contribution in [1.82, 2.24) is 9.62 Å². The molecule has 0 saturated heterocycles. The molecule has 7 heteroatoms. The zero-order valence-corrected chi connectivity index (χ0v) is 22.0. The van der Waals surface area contributed by atoms with Gasteiger partial charge in [0.1, 0.15) is 0 Å². The lowest BCUT2D eigenvalue weighted by Gasteiger charge is -2.25. The molecule has 0 fully saturated rings. The van der Waals surface area contributed by atoms with Crippen molar-refractivity contribution in [2.24, 2.45) is 0 Å². The average Bonchev–Trinajstić information content (AvgIpc) is 2.78. The molecule has 0 bridgehead atoms. The lowest BCUT2D eigenvalue weighted by molar-refractivity contribution is -0.122. The molecule has 3 aromatic carbocycles. The molecule has 180 valence electrons. The highest BCUT2D eigenvalue weighted by molar-refractivity contribution is 7.98. The van der Waals surface area contributed by atoms with E-state index in [0.717, 1.165) is 21.6 Å². The van der Waals surface area contributed by atoms with Crippen LogP contribution in [0.5, 0.6) is 0 Å². The van der Waals surface area contributed by atoms with E-state index in [1.807, 2.05) is 86.8 Å². The Morgan fingerprint density at radius 3 is 2.12 bits per heavy atom. The minimum Gasteiger partial charge on any atom is -0.348 e. The average molecular weight is 497 g/mol. The largest absolute Gasteiger partial charge is 0.348 e. The van der Waals surface area contributed by atoms with Gasteiger partial charge in [-0.2, -0.15) is 4.31 Å².